The minimum Gasteiger partial charge on any atom is -0.495 e. The number of rotatable bonds is 6. The molecule has 28 heavy (non-hydrogen) atoms. The molecule has 0 aliphatic rings. The topological polar surface area (TPSA) is 69.0 Å². The second kappa shape index (κ2) is 7.92. The van der Waals surface area contributed by atoms with E-state index in [1.807, 2.05) is 71.3 Å². The van der Waals surface area contributed by atoms with Crippen LogP contribution >= 0.6 is 0 Å². The molecule has 6 heteroatoms. The highest BCUT2D eigenvalue weighted by Gasteiger charge is 2.15. The first-order valence-electron chi connectivity index (χ1n) is 9.07. The normalized spacial score (nSPS) is 10.8. The Labute approximate surface area is 162 Å². The molecular formula is C22H20N4O2. The standard InChI is InChI=1S/C22H20N4O2/c1-28-19-12-6-5-10-17(19)25-21(27)14-13-20-24-18-11-7-15-23-22(18)26(20)16-8-3-2-4-9-16/h2-12,15H,13-14H2,1H3,(H,25,27). The van der Waals surface area contributed by atoms with Crippen LogP contribution in [0.15, 0.2) is 72.9 Å². The maximum atomic E-state index is 12.5. The van der Waals surface area contributed by atoms with E-state index in [-0.39, 0.29) is 5.91 Å². The fourth-order valence-electron chi connectivity index (χ4n) is 3.16. The number of hydrogen-bond donors (Lipinski definition) is 1. The zero-order chi connectivity index (χ0) is 19.3. The number of pyridine rings is 1. The number of fused-ring (bicyclic) bond motifs is 1. The molecule has 140 valence electrons. The van der Waals surface area contributed by atoms with Crippen LogP contribution in [0.4, 0.5) is 5.69 Å². The van der Waals surface area contributed by atoms with Crippen LogP contribution in [0.1, 0.15) is 12.2 Å². The van der Waals surface area contributed by atoms with Gasteiger partial charge in [0.1, 0.15) is 17.1 Å². The van der Waals surface area contributed by atoms with Crippen LogP contribution < -0.4 is 10.1 Å². The van der Waals surface area contributed by atoms with Gasteiger partial charge >= 0.3 is 0 Å². The van der Waals surface area contributed by atoms with E-state index in [9.17, 15) is 4.79 Å². The van der Waals surface area contributed by atoms with Crippen molar-refractivity contribution in [1.82, 2.24) is 14.5 Å². The summed E-state index contributed by atoms with van der Waals surface area (Å²) in [5.74, 6) is 1.34. The molecule has 0 unspecified atom stereocenters. The van der Waals surface area contributed by atoms with E-state index in [2.05, 4.69) is 10.3 Å². The summed E-state index contributed by atoms with van der Waals surface area (Å²) in [5.41, 5.74) is 3.23. The molecule has 6 nitrogen and oxygen atoms in total. The van der Waals surface area contributed by atoms with Crippen molar-refractivity contribution in [3.05, 3.63) is 78.8 Å². The lowest BCUT2D eigenvalue weighted by Gasteiger charge is -2.11. The number of methoxy groups -OCH3 is 1. The number of hydrogen-bond acceptors (Lipinski definition) is 4. The van der Waals surface area contributed by atoms with Crippen LogP contribution in [-0.4, -0.2) is 27.6 Å². The van der Waals surface area contributed by atoms with E-state index < -0.39 is 0 Å². The van der Waals surface area contributed by atoms with Gasteiger partial charge in [0, 0.05) is 24.7 Å². The van der Waals surface area contributed by atoms with Crippen molar-refractivity contribution >= 4 is 22.8 Å². The number of anilines is 1. The first kappa shape index (κ1) is 17.7. The summed E-state index contributed by atoms with van der Waals surface area (Å²) in [5, 5.41) is 2.91. The van der Waals surface area contributed by atoms with Gasteiger partial charge in [0.05, 0.1) is 12.8 Å². The number of aryl methyl sites for hydroxylation is 1. The average molecular weight is 372 g/mol. The Balaban J connectivity index is 1.57. The van der Waals surface area contributed by atoms with Gasteiger partial charge < -0.3 is 10.1 Å². The van der Waals surface area contributed by atoms with Gasteiger partial charge in [-0.3, -0.25) is 9.36 Å². The molecule has 0 radical (unpaired) electrons. The van der Waals surface area contributed by atoms with Crippen LogP contribution in [0.5, 0.6) is 5.75 Å². The molecule has 4 rings (SSSR count). The fourth-order valence-corrected chi connectivity index (χ4v) is 3.16. The Morgan fingerprint density at radius 3 is 2.64 bits per heavy atom. The Morgan fingerprint density at radius 2 is 1.82 bits per heavy atom. The Morgan fingerprint density at radius 1 is 1.04 bits per heavy atom. The molecule has 0 saturated carbocycles. The summed E-state index contributed by atoms with van der Waals surface area (Å²) in [7, 11) is 1.58. The van der Waals surface area contributed by atoms with Gasteiger partial charge in [0.15, 0.2) is 5.65 Å². The van der Waals surface area contributed by atoms with Gasteiger partial charge in [-0.2, -0.15) is 0 Å². The summed E-state index contributed by atoms with van der Waals surface area (Å²) < 4.78 is 7.29. The van der Waals surface area contributed by atoms with Gasteiger partial charge in [0.2, 0.25) is 5.91 Å². The van der Waals surface area contributed by atoms with Gasteiger partial charge in [0.25, 0.3) is 0 Å². The number of nitrogens with zero attached hydrogens (tertiary/aromatic N) is 3. The molecule has 1 amide bonds. The van der Waals surface area contributed by atoms with Crippen LogP contribution in [0, 0.1) is 0 Å². The van der Waals surface area contributed by atoms with Gasteiger partial charge in [-0.25, -0.2) is 9.97 Å². The van der Waals surface area contributed by atoms with E-state index in [0.717, 1.165) is 22.7 Å². The minimum atomic E-state index is -0.0934. The number of imidazole rings is 1. The second-order valence-corrected chi connectivity index (χ2v) is 6.29. The van der Waals surface area contributed by atoms with Crippen molar-refractivity contribution in [3.63, 3.8) is 0 Å². The molecule has 4 aromatic rings. The van der Waals surface area contributed by atoms with Gasteiger partial charge in [-0.15, -0.1) is 0 Å². The molecule has 0 aliphatic heterocycles. The number of para-hydroxylation sites is 3. The van der Waals surface area contributed by atoms with E-state index in [1.165, 1.54) is 0 Å². The zero-order valence-corrected chi connectivity index (χ0v) is 15.5. The molecule has 0 bridgehead atoms. The number of carbonyl (C=O) groups is 1. The highest BCUT2D eigenvalue weighted by Crippen LogP contribution is 2.24. The first-order chi connectivity index (χ1) is 13.8. The van der Waals surface area contributed by atoms with Crippen LogP contribution in [0.25, 0.3) is 16.9 Å². The van der Waals surface area contributed by atoms with Gasteiger partial charge in [-0.1, -0.05) is 30.3 Å². The molecule has 0 atom stereocenters. The Kier molecular flexibility index (Phi) is 5.01. The molecular weight excluding hydrogens is 352 g/mol. The highest BCUT2D eigenvalue weighted by atomic mass is 16.5. The maximum absolute atomic E-state index is 12.5. The Bertz CT molecular complexity index is 1110. The number of carbonyl (C=O) groups excluding carboxylic acids is 1. The van der Waals surface area contributed by atoms with Crippen molar-refractivity contribution in [2.45, 2.75) is 12.8 Å². The highest BCUT2D eigenvalue weighted by molar-refractivity contribution is 5.92. The summed E-state index contributed by atoms with van der Waals surface area (Å²) in [6, 6.07) is 21.1. The molecule has 0 aliphatic carbocycles. The predicted molar refractivity (Wildman–Crippen MR) is 109 cm³/mol. The lowest BCUT2D eigenvalue weighted by atomic mass is 10.2. The Hall–Kier alpha value is -3.67. The molecule has 2 aromatic carbocycles. The summed E-state index contributed by atoms with van der Waals surface area (Å²) in [4.78, 5) is 21.7. The molecule has 2 aromatic heterocycles. The quantitative estimate of drug-likeness (QED) is 0.555. The third kappa shape index (κ3) is 3.57. The molecule has 0 saturated heterocycles. The molecule has 1 N–H and O–H groups in total. The van der Waals surface area contributed by atoms with Crippen molar-refractivity contribution in [1.29, 1.82) is 0 Å². The third-order valence-corrected chi connectivity index (χ3v) is 4.46. The largest absolute Gasteiger partial charge is 0.495 e. The lowest BCUT2D eigenvalue weighted by molar-refractivity contribution is -0.116. The van der Waals surface area contributed by atoms with Crippen LogP contribution in [0.2, 0.25) is 0 Å². The number of aromatic nitrogens is 3. The average Bonchev–Trinajstić information content (AvgIpc) is 3.12. The monoisotopic (exact) mass is 372 g/mol. The number of amides is 1. The number of nitrogens with one attached hydrogen (secondary N) is 1. The van der Waals surface area contributed by atoms with Gasteiger partial charge in [-0.05, 0) is 36.4 Å². The summed E-state index contributed by atoms with van der Waals surface area (Å²) in [6.07, 6.45) is 2.54. The van der Waals surface area contributed by atoms with Crippen molar-refractivity contribution in [2.75, 3.05) is 12.4 Å². The van der Waals surface area contributed by atoms with Crippen LogP contribution in [0.3, 0.4) is 0 Å². The van der Waals surface area contributed by atoms with E-state index >= 15 is 0 Å². The van der Waals surface area contributed by atoms with Crippen molar-refractivity contribution < 1.29 is 9.53 Å². The van der Waals surface area contributed by atoms with E-state index in [4.69, 9.17) is 9.72 Å². The third-order valence-electron chi connectivity index (χ3n) is 4.46. The van der Waals surface area contributed by atoms with Crippen molar-refractivity contribution in [2.24, 2.45) is 0 Å². The fraction of sp³-hybridized carbons (Fsp3) is 0.136. The maximum Gasteiger partial charge on any atom is 0.224 e. The van der Waals surface area contributed by atoms with Crippen LogP contribution in [-0.2, 0) is 11.2 Å². The van der Waals surface area contributed by atoms with E-state index in [1.54, 1.807) is 13.3 Å². The zero-order valence-electron chi connectivity index (χ0n) is 15.5. The lowest BCUT2D eigenvalue weighted by Crippen LogP contribution is -2.14. The van der Waals surface area contributed by atoms with Crippen molar-refractivity contribution in [3.8, 4) is 11.4 Å². The second-order valence-electron chi connectivity index (χ2n) is 6.29. The molecule has 2 heterocycles. The van der Waals surface area contributed by atoms with E-state index in [0.29, 0.717) is 24.3 Å². The minimum absolute atomic E-state index is 0.0934. The number of ether oxygens (including phenoxy) is 1. The number of benzene rings is 2. The summed E-state index contributed by atoms with van der Waals surface area (Å²) in [6.45, 7) is 0. The smallest absolute Gasteiger partial charge is 0.224 e. The first-order valence-corrected chi connectivity index (χ1v) is 9.07. The summed E-state index contributed by atoms with van der Waals surface area (Å²) >= 11 is 0. The SMILES string of the molecule is COc1ccccc1NC(=O)CCc1nc2cccnc2n1-c1ccccc1. The molecule has 0 fully saturated rings. The molecule has 0 spiro atoms. The predicted octanol–water partition coefficient (Wildman–Crippen LogP) is 4.00.